The summed E-state index contributed by atoms with van der Waals surface area (Å²) in [4.78, 5) is 24.7. The van der Waals surface area contributed by atoms with Gasteiger partial charge in [0.2, 0.25) is 0 Å². The average molecular weight is 486 g/mol. The highest BCUT2D eigenvalue weighted by atomic mass is 35.5. The number of rotatable bonds is 10. The summed E-state index contributed by atoms with van der Waals surface area (Å²) >= 11 is 5.82. The zero-order chi connectivity index (χ0) is 23.8. The number of hydrogen-bond acceptors (Lipinski definition) is 5. The van der Waals surface area contributed by atoms with Gasteiger partial charge in [0.1, 0.15) is 0 Å². The molecule has 8 heteroatoms. The van der Waals surface area contributed by atoms with Crippen LogP contribution in [0.3, 0.4) is 0 Å². The van der Waals surface area contributed by atoms with Crippen LogP contribution in [0, 0.1) is 0 Å². The third-order valence-electron chi connectivity index (χ3n) is 4.92. The Hall–Kier alpha value is -3.16. The fourth-order valence-electron chi connectivity index (χ4n) is 3.13. The molecule has 3 rings (SSSR count). The molecule has 0 unspecified atom stereocenters. The van der Waals surface area contributed by atoms with Crippen molar-refractivity contribution in [1.29, 1.82) is 0 Å². The lowest BCUT2D eigenvalue weighted by molar-refractivity contribution is 0.0474. The molecule has 0 aliphatic heterocycles. The molecule has 0 heterocycles. The minimum absolute atomic E-state index is 0.0269. The van der Waals surface area contributed by atoms with E-state index in [0.29, 0.717) is 29.2 Å². The van der Waals surface area contributed by atoms with E-state index < -0.39 is 28.4 Å². The lowest BCUT2D eigenvalue weighted by atomic mass is 10.1. The molecule has 0 saturated heterocycles. The number of ketones is 1. The molecule has 0 aliphatic rings. The summed E-state index contributed by atoms with van der Waals surface area (Å²) in [5.41, 5.74) is 0.953. The van der Waals surface area contributed by atoms with Gasteiger partial charge in [0, 0.05) is 17.1 Å². The van der Waals surface area contributed by atoms with Crippen molar-refractivity contribution in [3.05, 3.63) is 95.0 Å². The highest BCUT2D eigenvalue weighted by Gasteiger charge is 2.25. The van der Waals surface area contributed by atoms with Crippen LogP contribution in [0.4, 0.5) is 5.69 Å². The van der Waals surface area contributed by atoms with E-state index in [1.807, 2.05) is 13.0 Å². The minimum Gasteiger partial charge on any atom is -0.454 e. The fraction of sp³-hybridized carbons (Fsp3) is 0.200. The Balaban J connectivity index is 1.78. The molecule has 3 aromatic rings. The zero-order valence-corrected chi connectivity index (χ0v) is 19.7. The highest BCUT2D eigenvalue weighted by Crippen LogP contribution is 2.25. The van der Waals surface area contributed by atoms with Crippen LogP contribution >= 0.6 is 11.6 Å². The van der Waals surface area contributed by atoms with Crippen molar-refractivity contribution in [2.75, 3.05) is 17.5 Å². The molecule has 0 spiro atoms. The first kappa shape index (κ1) is 24.5. The molecule has 0 aliphatic carbocycles. The lowest BCUT2D eigenvalue weighted by Gasteiger charge is -2.24. The van der Waals surface area contributed by atoms with Crippen LogP contribution in [-0.2, 0) is 14.8 Å². The minimum atomic E-state index is -3.91. The maximum absolute atomic E-state index is 13.4. The third-order valence-corrected chi connectivity index (χ3v) is 6.99. The fourth-order valence-corrected chi connectivity index (χ4v) is 4.80. The Morgan fingerprint density at radius 1 is 0.909 bits per heavy atom. The summed E-state index contributed by atoms with van der Waals surface area (Å²) < 4.78 is 33.3. The third kappa shape index (κ3) is 6.21. The summed E-state index contributed by atoms with van der Waals surface area (Å²) in [6.07, 6.45) is 1.51. The smallest absolute Gasteiger partial charge is 0.338 e. The molecular weight excluding hydrogens is 462 g/mol. The monoisotopic (exact) mass is 485 g/mol. The summed E-state index contributed by atoms with van der Waals surface area (Å²) in [6.45, 7) is 1.83. The summed E-state index contributed by atoms with van der Waals surface area (Å²) in [7, 11) is -3.91. The number of hydrogen-bond donors (Lipinski definition) is 0. The number of unbranched alkanes of at least 4 members (excludes halogenated alkanes) is 1. The van der Waals surface area contributed by atoms with E-state index in [2.05, 4.69) is 0 Å². The molecular formula is C25H24ClNO5S. The molecule has 0 aromatic heterocycles. The Labute approximate surface area is 198 Å². The van der Waals surface area contributed by atoms with Crippen molar-refractivity contribution in [2.45, 2.75) is 24.7 Å². The predicted molar refractivity (Wildman–Crippen MR) is 128 cm³/mol. The van der Waals surface area contributed by atoms with Gasteiger partial charge in [-0.15, -0.1) is 0 Å². The van der Waals surface area contributed by atoms with Crippen LogP contribution in [0.1, 0.15) is 40.5 Å². The molecule has 0 atom stereocenters. The quantitative estimate of drug-likeness (QED) is 0.284. The second kappa shape index (κ2) is 11.1. The van der Waals surface area contributed by atoms with Crippen molar-refractivity contribution in [3.8, 4) is 0 Å². The van der Waals surface area contributed by atoms with E-state index in [9.17, 15) is 18.0 Å². The normalized spacial score (nSPS) is 11.1. The molecule has 33 heavy (non-hydrogen) atoms. The largest absolute Gasteiger partial charge is 0.454 e. The molecule has 0 radical (unpaired) electrons. The second-order valence-corrected chi connectivity index (χ2v) is 9.60. The number of Topliss-reactive ketones (excluding diaryl/α,β-unsaturated/α-hetero) is 1. The van der Waals surface area contributed by atoms with Gasteiger partial charge in [-0.2, -0.15) is 0 Å². The number of carbonyl (C=O) groups is 2. The number of esters is 1. The number of sulfonamides is 1. The van der Waals surface area contributed by atoms with Gasteiger partial charge in [-0.1, -0.05) is 49.2 Å². The van der Waals surface area contributed by atoms with E-state index in [1.165, 1.54) is 28.6 Å². The number of ether oxygens (including phenoxy) is 1. The van der Waals surface area contributed by atoms with Gasteiger partial charge in [0.25, 0.3) is 10.0 Å². The van der Waals surface area contributed by atoms with Gasteiger partial charge < -0.3 is 4.74 Å². The number of anilines is 1. The number of carbonyl (C=O) groups excluding carboxylic acids is 2. The topological polar surface area (TPSA) is 80.8 Å². The first-order valence-corrected chi connectivity index (χ1v) is 12.3. The molecule has 172 valence electrons. The van der Waals surface area contributed by atoms with Crippen LogP contribution < -0.4 is 4.31 Å². The standard InChI is InChI=1S/C25H24ClNO5S/c1-2-3-16-27(22-9-5-4-6-10-22)33(30,31)23-11-7-8-20(17-23)25(29)32-18-24(28)19-12-14-21(26)15-13-19/h4-15,17H,2-3,16,18H2,1H3. The summed E-state index contributed by atoms with van der Waals surface area (Å²) in [5.74, 6) is -1.17. The van der Waals surface area contributed by atoms with Crippen molar-refractivity contribution in [2.24, 2.45) is 0 Å². The van der Waals surface area contributed by atoms with E-state index in [-0.39, 0.29) is 10.5 Å². The molecule has 0 amide bonds. The molecule has 0 N–H and O–H groups in total. The maximum Gasteiger partial charge on any atom is 0.338 e. The van der Waals surface area contributed by atoms with Gasteiger partial charge in [-0.3, -0.25) is 9.10 Å². The van der Waals surface area contributed by atoms with Crippen LogP contribution in [0.2, 0.25) is 5.02 Å². The molecule has 0 saturated carbocycles. The van der Waals surface area contributed by atoms with E-state index >= 15 is 0 Å². The van der Waals surface area contributed by atoms with Gasteiger partial charge in [0.15, 0.2) is 12.4 Å². The molecule has 3 aromatic carbocycles. The molecule has 0 fully saturated rings. The maximum atomic E-state index is 13.4. The molecule has 6 nitrogen and oxygen atoms in total. The van der Waals surface area contributed by atoms with E-state index in [1.54, 1.807) is 48.5 Å². The van der Waals surface area contributed by atoms with Gasteiger partial charge >= 0.3 is 5.97 Å². The first-order chi connectivity index (χ1) is 15.8. The Bertz CT molecular complexity index is 1210. The Morgan fingerprint density at radius 2 is 1.61 bits per heavy atom. The van der Waals surface area contributed by atoms with Crippen molar-refractivity contribution >= 4 is 39.1 Å². The summed E-state index contributed by atoms with van der Waals surface area (Å²) in [5, 5.41) is 0.491. The van der Waals surface area contributed by atoms with Crippen LogP contribution in [0.15, 0.2) is 83.8 Å². The van der Waals surface area contributed by atoms with Crippen LogP contribution in [-0.4, -0.2) is 33.3 Å². The Morgan fingerprint density at radius 3 is 2.27 bits per heavy atom. The van der Waals surface area contributed by atoms with E-state index in [4.69, 9.17) is 16.3 Å². The SMILES string of the molecule is CCCCN(c1ccccc1)S(=O)(=O)c1cccc(C(=O)OCC(=O)c2ccc(Cl)cc2)c1. The van der Waals surface area contributed by atoms with Crippen LogP contribution in [0.5, 0.6) is 0 Å². The number of nitrogens with zero attached hydrogens (tertiary/aromatic N) is 1. The van der Waals surface area contributed by atoms with Gasteiger partial charge in [0.05, 0.1) is 16.1 Å². The van der Waals surface area contributed by atoms with Gasteiger partial charge in [-0.05, 0) is 61.0 Å². The van der Waals surface area contributed by atoms with Crippen molar-refractivity contribution < 1.29 is 22.7 Å². The highest BCUT2D eigenvalue weighted by molar-refractivity contribution is 7.92. The van der Waals surface area contributed by atoms with E-state index in [0.717, 1.165) is 6.42 Å². The number of benzene rings is 3. The summed E-state index contributed by atoms with van der Waals surface area (Å²) in [6, 6.07) is 20.7. The number of halogens is 1. The van der Waals surface area contributed by atoms with Crippen LogP contribution in [0.25, 0.3) is 0 Å². The average Bonchev–Trinajstić information content (AvgIpc) is 2.83. The number of para-hydroxylation sites is 1. The van der Waals surface area contributed by atoms with Gasteiger partial charge in [-0.25, -0.2) is 13.2 Å². The first-order valence-electron chi connectivity index (χ1n) is 10.5. The Kier molecular flexibility index (Phi) is 8.25. The predicted octanol–water partition coefficient (Wildman–Crippen LogP) is 5.38. The lowest BCUT2D eigenvalue weighted by Crippen LogP contribution is -2.32. The van der Waals surface area contributed by atoms with Crippen molar-refractivity contribution in [1.82, 2.24) is 0 Å². The zero-order valence-electron chi connectivity index (χ0n) is 18.1. The van der Waals surface area contributed by atoms with Crippen molar-refractivity contribution in [3.63, 3.8) is 0 Å². The second-order valence-electron chi connectivity index (χ2n) is 7.30. The molecule has 0 bridgehead atoms.